The maximum Gasteiger partial charge on any atom is 0.305 e. The molecule has 3 aliphatic rings. The van der Waals surface area contributed by atoms with E-state index in [1.54, 1.807) is 33.8 Å². The van der Waals surface area contributed by atoms with E-state index in [-0.39, 0.29) is 30.8 Å². The molecule has 44 heavy (non-hydrogen) atoms. The number of carbonyl (C=O) groups excluding carboxylic acids is 3. The van der Waals surface area contributed by atoms with Crippen molar-refractivity contribution in [2.24, 2.45) is 5.92 Å². The Bertz CT molecular complexity index is 1380. The van der Waals surface area contributed by atoms with E-state index in [1.165, 1.54) is 7.11 Å². The zero-order valence-corrected chi connectivity index (χ0v) is 27.1. The van der Waals surface area contributed by atoms with Crippen LogP contribution in [0.2, 0.25) is 18.6 Å². The Labute approximate surface area is 258 Å². The molecule has 1 N–H and O–H groups in total. The van der Waals surface area contributed by atoms with Crippen LogP contribution in [0.5, 0.6) is 0 Å². The summed E-state index contributed by atoms with van der Waals surface area (Å²) in [5, 5.41) is 17.5. The summed E-state index contributed by atoms with van der Waals surface area (Å²) in [5.74, 6) is -0.929. The van der Waals surface area contributed by atoms with Crippen molar-refractivity contribution in [2.45, 2.75) is 95.2 Å². The topological polar surface area (TPSA) is 127 Å². The number of halogens is 1. The van der Waals surface area contributed by atoms with E-state index in [0.29, 0.717) is 68.7 Å². The second-order valence-corrected chi connectivity index (χ2v) is 16.5. The Morgan fingerprint density at radius 2 is 2.02 bits per heavy atom. The number of aromatic nitrogens is 3. The number of ether oxygens (including phenoxy) is 2. The Balaban J connectivity index is 1.49. The summed E-state index contributed by atoms with van der Waals surface area (Å²) in [6, 6.07) is 5.67. The first-order valence-corrected chi connectivity index (χ1v) is 18.7. The molecule has 0 aliphatic carbocycles. The number of aliphatic hydroxyl groups excluding tert-OH is 1. The van der Waals surface area contributed by atoms with Gasteiger partial charge in [0.15, 0.2) is 5.60 Å². The summed E-state index contributed by atoms with van der Waals surface area (Å²) in [6.45, 7) is 6.65. The van der Waals surface area contributed by atoms with Crippen molar-refractivity contribution in [1.29, 1.82) is 0 Å². The van der Waals surface area contributed by atoms with Crippen LogP contribution < -0.4 is 9.80 Å². The SMILES string of the molecule is COC(=O)CCCCN1C(=O)[C@]2(O[C@H](CCn3cc(CCO)nn3)[C@@H]([Si](C)(C)F)[C@@H]2C)c2cc(N3CCCCC3=O)ccc21. The van der Waals surface area contributed by atoms with Gasteiger partial charge in [0.05, 0.1) is 24.6 Å². The molecule has 1 spiro atoms. The van der Waals surface area contributed by atoms with Gasteiger partial charge in [-0.15, -0.1) is 5.10 Å². The number of aryl methyl sites for hydroxylation is 1. The zero-order chi connectivity index (χ0) is 31.6. The summed E-state index contributed by atoms with van der Waals surface area (Å²) >= 11 is 0. The molecule has 2 saturated heterocycles. The number of anilines is 2. The highest BCUT2D eigenvalue weighted by molar-refractivity contribution is 6.72. The fourth-order valence-corrected chi connectivity index (χ4v) is 9.89. The molecule has 2 aromatic rings. The normalized spacial score (nSPS) is 25.3. The molecule has 2 amide bonds. The number of carbonyl (C=O) groups is 3. The van der Waals surface area contributed by atoms with Gasteiger partial charge in [-0.3, -0.25) is 19.1 Å². The van der Waals surface area contributed by atoms with E-state index in [2.05, 4.69) is 10.3 Å². The first-order valence-electron chi connectivity index (χ1n) is 15.7. The van der Waals surface area contributed by atoms with Gasteiger partial charge < -0.3 is 28.5 Å². The summed E-state index contributed by atoms with van der Waals surface area (Å²) in [7, 11) is -2.00. The van der Waals surface area contributed by atoms with Crippen molar-refractivity contribution in [3.8, 4) is 0 Å². The number of fused-ring (bicyclic) bond motifs is 2. The molecule has 0 bridgehead atoms. The van der Waals surface area contributed by atoms with Crippen LogP contribution in [0.4, 0.5) is 15.5 Å². The van der Waals surface area contributed by atoms with Crippen LogP contribution in [0.25, 0.3) is 0 Å². The first-order chi connectivity index (χ1) is 21.0. The lowest BCUT2D eigenvalue weighted by Gasteiger charge is -2.32. The quantitative estimate of drug-likeness (QED) is 0.162. The zero-order valence-electron chi connectivity index (χ0n) is 26.1. The standard InChI is InChI=1S/C31H44FN5O6Si/c1-21-29(44(3,4)32)26(13-17-35-20-22(14-18-38)33-34-35)43-31(21)24-19-23(36-15-7-5-9-27(36)39)11-12-25(24)37(30(31)41)16-8-6-10-28(40)42-2/h11-12,19-21,26,29,38H,5-10,13-18H2,1-4H3/t21-,26+,29-,31+/m0/s1. The molecule has 240 valence electrons. The predicted molar refractivity (Wildman–Crippen MR) is 164 cm³/mol. The number of hydrogen-bond acceptors (Lipinski definition) is 8. The largest absolute Gasteiger partial charge is 0.469 e. The molecule has 4 heterocycles. The van der Waals surface area contributed by atoms with Crippen molar-refractivity contribution < 1.29 is 33.1 Å². The van der Waals surface area contributed by atoms with Gasteiger partial charge in [-0.1, -0.05) is 12.1 Å². The van der Waals surface area contributed by atoms with E-state index in [4.69, 9.17) is 9.47 Å². The van der Waals surface area contributed by atoms with Crippen molar-refractivity contribution in [3.63, 3.8) is 0 Å². The Kier molecular flexibility index (Phi) is 9.57. The number of rotatable bonds is 12. The fraction of sp³-hybridized carbons (Fsp3) is 0.645. The van der Waals surface area contributed by atoms with Gasteiger partial charge in [-0.25, -0.2) is 0 Å². The third kappa shape index (κ3) is 6.05. The van der Waals surface area contributed by atoms with Crippen LogP contribution in [0.3, 0.4) is 0 Å². The summed E-state index contributed by atoms with van der Waals surface area (Å²) in [5.41, 5.74) is 0.900. The van der Waals surface area contributed by atoms with Crippen LogP contribution >= 0.6 is 0 Å². The van der Waals surface area contributed by atoms with Gasteiger partial charge in [-0.2, -0.15) is 0 Å². The van der Waals surface area contributed by atoms with E-state index >= 15 is 4.11 Å². The molecule has 2 fully saturated rings. The van der Waals surface area contributed by atoms with Crippen molar-refractivity contribution in [3.05, 3.63) is 35.7 Å². The second kappa shape index (κ2) is 13.1. The van der Waals surface area contributed by atoms with Gasteiger partial charge in [-0.05, 0) is 63.4 Å². The second-order valence-electron chi connectivity index (χ2n) is 12.7. The van der Waals surface area contributed by atoms with Crippen LogP contribution in [0.15, 0.2) is 24.4 Å². The Morgan fingerprint density at radius 1 is 1.23 bits per heavy atom. The molecule has 3 aliphatic heterocycles. The van der Waals surface area contributed by atoms with E-state index in [9.17, 15) is 19.5 Å². The maximum atomic E-state index is 16.2. The highest BCUT2D eigenvalue weighted by Crippen LogP contribution is 2.60. The fourth-order valence-electron chi connectivity index (χ4n) is 7.35. The summed E-state index contributed by atoms with van der Waals surface area (Å²) in [6.07, 6.45) is 5.69. The van der Waals surface area contributed by atoms with E-state index in [0.717, 1.165) is 18.5 Å². The Hall–Kier alpha value is -3.16. The molecule has 5 rings (SSSR count). The third-order valence-corrected chi connectivity index (χ3v) is 11.9. The molecular formula is C31H44FN5O6Si. The third-order valence-electron chi connectivity index (χ3n) is 9.42. The maximum absolute atomic E-state index is 16.2. The number of nitrogens with zero attached hydrogens (tertiary/aromatic N) is 5. The molecular weight excluding hydrogens is 585 g/mol. The molecule has 0 radical (unpaired) electrons. The van der Waals surface area contributed by atoms with E-state index in [1.807, 2.05) is 25.1 Å². The lowest BCUT2D eigenvalue weighted by Crippen LogP contribution is -2.45. The van der Waals surface area contributed by atoms with Gasteiger partial charge in [0.25, 0.3) is 5.91 Å². The molecule has 1 aromatic carbocycles. The smallest absolute Gasteiger partial charge is 0.305 e. The average Bonchev–Trinajstić information content (AvgIpc) is 3.63. The van der Waals surface area contributed by atoms with Crippen molar-refractivity contribution in [1.82, 2.24) is 15.0 Å². The Morgan fingerprint density at radius 3 is 2.73 bits per heavy atom. The van der Waals surface area contributed by atoms with Crippen molar-refractivity contribution in [2.75, 3.05) is 36.6 Å². The average molecular weight is 630 g/mol. The predicted octanol–water partition coefficient (Wildman–Crippen LogP) is 3.89. The van der Waals surface area contributed by atoms with Crippen LogP contribution in [-0.4, -0.2) is 79.2 Å². The number of benzene rings is 1. The minimum absolute atomic E-state index is 0.0279. The molecule has 4 atom stereocenters. The first kappa shape index (κ1) is 32.2. The number of aliphatic hydroxyl groups is 1. The highest BCUT2D eigenvalue weighted by Gasteiger charge is 2.66. The number of piperidine rings is 1. The molecule has 11 nitrogen and oxygen atoms in total. The van der Waals surface area contributed by atoms with Crippen LogP contribution in [0, 0.1) is 5.92 Å². The number of unbranched alkanes of at least 4 members (excludes halogenated alkanes) is 1. The number of methoxy groups -OCH3 is 1. The van der Waals surface area contributed by atoms with Gasteiger partial charge in [0.1, 0.15) is 0 Å². The highest BCUT2D eigenvalue weighted by atomic mass is 28.4. The number of amides is 2. The molecule has 0 saturated carbocycles. The lowest BCUT2D eigenvalue weighted by molar-refractivity contribution is -0.146. The summed E-state index contributed by atoms with van der Waals surface area (Å²) in [4.78, 5) is 42.6. The number of esters is 1. The van der Waals surface area contributed by atoms with Gasteiger partial charge >= 0.3 is 5.97 Å². The van der Waals surface area contributed by atoms with Crippen molar-refractivity contribution >= 4 is 37.6 Å². The molecule has 1 aromatic heterocycles. The number of hydrogen-bond donors (Lipinski definition) is 1. The van der Waals surface area contributed by atoms with Gasteiger partial charge in [0, 0.05) is 74.4 Å². The minimum atomic E-state index is -3.36. The van der Waals surface area contributed by atoms with Crippen LogP contribution in [-0.2, 0) is 42.4 Å². The lowest BCUT2D eigenvalue weighted by atomic mass is 9.82. The summed E-state index contributed by atoms with van der Waals surface area (Å²) < 4.78 is 29.5. The molecule has 0 unspecified atom stereocenters. The monoisotopic (exact) mass is 629 g/mol. The van der Waals surface area contributed by atoms with Crippen LogP contribution in [0.1, 0.15) is 63.1 Å². The molecule has 13 heteroatoms. The minimum Gasteiger partial charge on any atom is -0.469 e. The van der Waals surface area contributed by atoms with E-state index < -0.39 is 31.6 Å². The van der Waals surface area contributed by atoms with Gasteiger partial charge in [0.2, 0.25) is 14.3 Å².